The Morgan fingerprint density at radius 2 is 1.07 bits per heavy atom. The molecule has 13 rings (SSSR count). The molecule has 0 aliphatic carbocycles. The van der Waals surface area contributed by atoms with E-state index in [2.05, 4.69) is 174 Å². The molecule has 0 fully saturated rings. The van der Waals surface area contributed by atoms with Gasteiger partial charge in [-0.25, -0.2) is 4.98 Å². The van der Waals surface area contributed by atoms with E-state index < -0.39 is 0 Å². The van der Waals surface area contributed by atoms with Gasteiger partial charge in [-0.1, -0.05) is 133 Å². The van der Waals surface area contributed by atoms with E-state index in [0.29, 0.717) is 0 Å². The summed E-state index contributed by atoms with van der Waals surface area (Å²) in [5.74, 6) is 0.815. The lowest BCUT2D eigenvalue weighted by Gasteiger charge is -2.12. The predicted octanol–water partition coefficient (Wildman–Crippen LogP) is 15.8. The van der Waals surface area contributed by atoms with Gasteiger partial charge in [0.2, 0.25) is 5.28 Å². The largest absolute Gasteiger partial charge is 0.291 e. The second-order valence-corrected chi connectivity index (χ2v) is 17.4. The standard InChI is InChI=1S/C52H28ClN3S2/c53-52-54-47-39-21-8-10-23-43(39)58-50(47)51(55-52)56-42-22-9-7-20-38(42)45-36-18-5-6-19-37(36)46-41-27-30(24-25-44(41)57-49(46)48(45)56)29-13-11-14-31(26-29)40-28-32-12-1-2-15-33(32)34-16-3-4-17-35(34)40/h1-28H. The smallest absolute Gasteiger partial charge is 0.225 e. The van der Waals surface area contributed by atoms with Crippen molar-refractivity contribution in [3.63, 3.8) is 0 Å². The number of thiophene rings is 2. The highest BCUT2D eigenvalue weighted by atomic mass is 35.5. The number of rotatable bonds is 3. The van der Waals surface area contributed by atoms with E-state index in [4.69, 9.17) is 21.6 Å². The van der Waals surface area contributed by atoms with E-state index >= 15 is 0 Å². The Kier molecular flexibility index (Phi) is 6.82. The normalized spacial score (nSPS) is 12.2. The SMILES string of the molecule is Clc1nc(-n2c3ccccc3c3c4ccccc4c4c5cc(-c6cccc(-c7cc8ccccc8c8ccccc78)c6)ccc5sc4c32)c2sc3ccccc3c2n1. The zero-order chi connectivity index (χ0) is 38.1. The first kappa shape index (κ1) is 32.5. The van der Waals surface area contributed by atoms with Crippen molar-refractivity contribution >= 4 is 129 Å². The van der Waals surface area contributed by atoms with Crippen LogP contribution in [0.5, 0.6) is 0 Å². The molecule has 3 nitrogen and oxygen atoms in total. The van der Waals surface area contributed by atoms with Crippen LogP contribution in [0, 0.1) is 0 Å². The molecule has 4 aromatic heterocycles. The third-order valence-electron chi connectivity index (χ3n) is 11.9. The van der Waals surface area contributed by atoms with Gasteiger partial charge in [0.15, 0.2) is 5.82 Å². The summed E-state index contributed by atoms with van der Waals surface area (Å²) in [6.45, 7) is 0. The maximum absolute atomic E-state index is 6.83. The summed E-state index contributed by atoms with van der Waals surface area (Å²) in [5, 5.41) is 13.8. The van der Waals surface area contributed by atoms with Gasteiger partial charge >= 0.3 is 0 Å². The molecule has 9 aromatic carbocycles. The predicted molar refractivity (Wildman–Crippen MR) is 251 cm³/mol. The zero-order valence-corrected chi connectivity index (χ0v) is 33.1. The molecule has 0 N–H and O–H groups in total. The fraction of sp³-hybridized carbons (Fsp3) is 0. The van der Waals surface area contributed by atoms with Gasteiger partial charge in [-0.2, -0.15) is 4.98 Å². The molecule has 270 valence electrons. The molecule has 0 atom stereocenters. The van der Waals surface area contributed by atoms with E-state index in [1.807, 2.05) is 11.3 Å². The summed E-state index contributed by atoms with van der Waals surface area (Å²) in [6.07, 6.45) is 0. The first-order chi connectivity index (χ1) is 28.7. The fourth-order valence-electron chi connectivity index (χ4n) is 9.44. The Hall–Kier alpha value is -6.63. The molecule has 0 unspecified atom stereocenters. The number of halogens is 1. The van der Waals surface area contributed by atoms with Gasteiger partial charge < -0.3 is 0 Å². The number of para-hydroxylation sites is 1. The Balaban J connectivity index is 1.09. The molecule has 0 radical (unpaired) electrons. The highest BCUT2D eigenvalue weighted by Crippen LogP contribution is 2.50. The van der Waals surface area contributed by atoms with E-state index in [-0.39, 0.29) is 5.28 Å². The van der Waals surface area contributed by atoms with Crippen LogP contribution in [0.25, 0.3) is 123 Å². The van der Waals surface area contributed by atoms with Crippen molar-refractivity contribution in [3.8, 4) is 28.1 Å². The molecular formula is C52H28ClN3S2. The molecule has 0 amide bonds. The fourth-order valence-corrected chi connectivity index (χ4v) is 12.0. The number of aromatic nitrogens is 3. The van der Waals surface area contributed by atoms with Crippen LogP contribution in [0.4, 0.5) is 0 Å². The molecule has 0 aliphatic heterocycles. The van der Waals surface area contributed by atoms with Crippen LogP contribution in [0.3, 0.4) is 0 Å². The molecule has 0 bridgehead atoms. The second-order valence-electron chi connectivity index (χ2n) is 15.0. The van der Waals surface area contributed by atoms with Crippen LogP contribution in [-0.4, -0.2) is 14.5 Å². The van der Waals surface area contributed by atoms with Crippen molar-refractivity contribution in [2.75, 3.05) is 0 Å². The summed E-state index contributed by atoms with van der Waals surface area (Å²) in [7, 11) is 0. The maximum atomic E-state index is 6.83. The van der Waals surface area contributed by atoms with Crippen molar-refractivity contribution in [1.82, 2.24) is 14.5 Å². The van der Waals surface area contributed by atoms with Gasteiger partial charge in [0.05, 0.1) is 25.9 Å². The van der Waals surface area contributed by atoms with E-state index in [0.717, 1.165) is 32.5 Å². The molecule has 0 aliphatic rings. The molecular weight excluding hydrogens is 766 g/mol. The molecule has 4 heterocycles. The summed E-state index contributed by atoms with van der Waals surface area (Å²) in [6, 6.07) is 61.9. The van der Waals surface area contributed by atoms with Crippen LogP contribution in [0.1, 0.15) is 0 Å². The van der Waals surface area contributed by atoms with Gasteiger partial charge in [-0.05, 0) is 103 Å². The lowest BCUT2D eigenvalue weighted by Crippen LogP contribution is -1.99. The summed E-state index contributed by atoms with van der Waals surface area (Å²) in [4.78, 5) is 9.82. The minimum Gasteiger partial charge on any atom is -0.291 e. The molecule has 6 heteroatoms. The van der Waals surface area contributed by atoms with Crippen LogP contribution in [0.15, 0.2) is 170 Å². The van der Waals surface area contributed by atoms with Crippen LogP contribution < -0.4 is 0 Å². The van der Waals surface area contributed by atoms with E-state index in [1.165, 1.54) is 90.2 Å². The van der Waals surface area contributed by atoms with Gasteiger partial charge in [0.25, 0.3) is 0 Å². The number of nitrogens with zero attached hydrogens (tertiary/aromatic N) is 3. The Morgan fingerprint density at radius 3 is 1.93 bits per heavy atom. The average molecular weight is 794 g/mol. The van der Waals surface area contributed by atoms with Gasteiger partial charge in [0, 0.05) is 36.3 Å². The Bertz CT molecular complexity index is 3890. The topological polar surface area (TPSA) is 30.7 Å². The first-order valence-corrected chi connectivity index (χ1v) is 21.4. The number of fused-ring (bicyclic) bond motifs is 16. The van der Waals surface area contributed by atoms with Crippen LogP contribution in [0.2, 0.25) is 5.28 Å². The van der Waals surface area contributed by atoms with Crippen molar-refractivity contribution in [2.24, 2.45) is 0 Å². The minimum absolute atomic E-state index is 0.244. The van der Waals surface area contributed by atoms with Crippen molar-refractivity contribution in [3.05, 3.63) is 175 Å². The monoisotopic (exact) mass is 793 g/mol. The van der Waals surface area contributed by atoms with Crippen LogP contribution in [-0.2, 0) is 0 Å². The third-order valence-corrected chi connectivity index (χ3v) is 14.4. The minimum atomic E-state index is 0.244. The van der Waals surface area contributed by atoms with E-state index in [1.54, 1.807) is 11.3 Å². The zero-order valence-electron chi connectivity index (χ0n) is 30.7. The molecule has 13 aromatic rings. The van der Waals surface area contributed by atoms with Crippen molar-refractivity contribution in [2.45, 2.75) is 0 Å². The van der Waals surface area contributed by atoms with Crippen molar-refractivity contribution in [1.29, 1.82) is 0 Å². The molecule has 58 heavy (non-hydrogen) atoms. The molecule has 0 saturated heterocycles. The second kappa shape index (κ2) is 12.2. The van der Waals surface area contributed by atoms with Crippen molar-refractivity contribution < 1.29 is 0 Å². The summed E-state index contributed by atoms with van der Waals surface area (Å²) >= 11 is 10.4. The highest BCUT2D eigenvalue weighted by molar-refractivity contribution is 7.27. The van der Waals surface area contributed by atoms with Crippen LogP contribution >= 0.6 is 34.3 Å². The number of benzene rings is 9. The Labute approximate surface area is 344 Å². The van der Waals surface area contributed by atoms with E-state index in [9.17, 15) is 0 Å². The Morgan fingerprint density at radius 1 is 0.431 bits per heavy atom. The summed E-state index contributed by atoms with van der Waals surface area (Å²) in [5.41, 5.74) is 7.98. The quantitative estimate of drug-likeness (QED) is 0.132. The average Bonchev–Trinajstić information content (AvgIpc) is 3.96. The van der Waals surface area contributed by atoms with Gasteiger partial charge in [0.1, 0.15) is 0 Å². The number of hydrogen-bond acceptors (Lipinski definition) is 4. The summed E-state index contributed by atoms with van der Waals surface area (Å²) < 4.78 is 7.03. The number of hydrogen-bond donors (Lipinski definition) is 0. The third kappa shape index (κ3) is 4.55. The van der Waals surface area contributed by atoms with Gasteiger partial charge in [-0.15, -0.1) is 22.7 Å². The molecule has 0 saturated carbocycles. The maximum Gasteiger partial charge on any atom is 0.225 e. The first-order valence-electron chi connectivity index (χ1n) is 19.3. The van der Waals surface area contributed by atoms with Gasteiger partial charge in [-0.3, -0.25) is 4.57 Å². The lowest BCUT2D eigenvalue weighted by atomic mass is 9.91. The lowest BCUT2D eigenvalue weighted by molar-refractivity contribution is 1.08. The highest BCUT2D eigenvalue weighted by Gasteiger charge is 2.25. The molecule has 0 spiro atoms.